The van der Waals surface area contributed by atoms with Gasteiger partial charge in [0.15, 0.2) is 0 Å². The topological polar surface area (TPSA) is 75.8 Å². The lowest BCUT2D eigenvalue weighted by Crippen LogP contribution is -2.28. The maximum atomic E-state index is 11.2. The van der Waals surface area contributed by atoms with Crippen molar-refractivity contribution in [3.63, 3.8) is 0 Å². The molecule has 7 heteroatoms. The van der Waals surface area contributed by atoms with Crippen molar-refractivity contribution in [1.29, 1.82) is 0 Å². The molecule has 1 rings (SSSR count). The third kappa shape index (κ3) is 4.94. The Kier molecular flexibility index (Phi) is 7.07. The van der Waals surface area contributed by atoms with Gasteiger partial charge in [-0.2, -0.15) is 0 Å². The molecule has 0 aromatic heterocycles. The highest BCUT2D eigenvalue weighted by atomic mass is 79.9. The van der Waals surface area contributed by atoms with E-state index in [-0.39, 0.29) is 11.4 Å². The molecular weight excluding hydrogens is 340 g/mol. The Labute approximate surface area is 133 Å². The third-order valence-corrected chi connectivity index (χ3v) is 3.72. The van der Waals surface area contributed by atoms with E-state index in [4.69, 9.17) is 4.74 Å². The van der Waals surface area contributed by atoms with Crippen molar-refractivity contribution in [2.75, 3.05) is 26.2 Å². The number of hydrogen-bond acceptors (Lipinski definition) is 5. The molecule has 0 aliphatic rings. The number of halogens is 1. The summed E-state index contributed by atoms with van der Waals surface area (Å²) in [6.07, 6.45) is -0.843. The normalized spacial score (nSPS) is 12.5. The maximum absolute atomic E-state index is 11.2. The Morgan fingerprint density at radius 2 is 2.05 bits per heavy atom. The average Bonchev–Trinajstić information content (AvgIpc) is 2.43. The Bertz CT molecular complexity index is 490. The van der Waals surface area contributed by atoms with Gasteiger partial charge in [-0.05, 0) is 26.1 Å². The standard InChI is InChI=1S/C14H21BrN2O4/c1-4-16(5-2)6-7-21-14-12(10(3)18)8-11(15)9-13(14)17(19)20/h8-10,18H,4-7H2,1-3H3. The summed E-state index contributed by atoms with van der Waals surface area (Å²) in [6.45, 7) is 8.46. The van der Waals surface area contributed by atoms with Gasteiger partial charge in [0, 0.05) is 22.6 Å². The van der Waals surface area contributed by atoms with E-state index in [1.54, 1.807) is 13.0 Å². The van der Waals surface area contributed by atoms with E-state index < -0.39 is 11.0 Å². The van der Waals surface area contributed by atoms with Gasteiger partial charge in [0.2, 0.25) is 5.75 Å². The molecule has 0 bridgehead atoms. The molecule has 0 fully saturated rings. The summed E-state index contributed by atoms with van der Waals surface area (Å²) in [6, 6.07) is 3.03. The summed E-state index contributed by atoms with van der Waals surface area (Å²) in [7, 11) is 0. The molecule has 21 heavy (non-hydrogen) atoms. The number of likely N-dealkylation sites (N-methyl/N-ethyl adjacent to an activating group) is 1. The molecule has 0 saturated carbocycles. The molecule has 1 unspecified atom stereocenters. The van der Waals surface area contributed by atoms with Crippen LogP contribution >= 0.6 is 15.9 Å². The number of hydrogen-bond donors (Lipinski definition) is 1. The van der Waals surface area contributed by atoms with Crippen molar-refractivity contribution < 1.29 is 14.8 Å². The van der Waals surface area contributed by atoms with Crippen LogP contribution in [0, 0.1) is 10.1 Å². The first-order chi connectivity index (χ1) is 9.90. The fraction of sp³-hybridized carbons (Fsp3) is 0.571. The SMILES string of the molecule is CCN(CC)CCOc1c(C(C)O)cc(Br)cc1[N+](=O)[O-]. The zero-order valence-electron chi connectivity index (χ0n) is 12.5. The van der Waals surface area contributed by atoms with E-state index in [1.165, 1.54) is 6.07 Å². The molecule has 0 spiro atoms. The Balaban J connectivity index is 3.00. The number of nitro benzene ring substituents is 1. The van der Waals surface area contributed by atoms with Gasteiger partial charge in [-0.3, -0.25) is 10.1 Å². The molecule has 6 nitrogen and oxygen atoms in total. The lowest BCUT2D eigenvalue weighted by molar-refractivity contribution is -0.386. The number of benzene rings is 1. The van der Waals surface area contributed by atoms with Crippen molar-refractivity contribution in [3.05, 3.63) is 32.3 Å². The molecule has 0 aliphatic heterocycles. The molecule has 0 saturated heterocycles. The highest BCUT2D eigenvalue weighted by Crippen LogP contribution is 2.37. The van der Waals surface area contributed by atoms with Gasteiger partial charge in [-0.15, -0.1) is 0 Å². The van der Waals surface area contributed by atoms with Crippen LogP contribution in [0.5, 0.6) is 5.75 Å². The average molecular weight is 361 g/mol. The fourth-order valence-corrected chi connectivity index (χ4v) is 2.48. The minimum absolute atomic E-state index is 0.139. The van der Waals surface area contributed by atoms with Gasteiger partial charge in [0.25, 0.3) is 0 Å². The predicted molar refractivity (Wildman–Crippen MR) is 84.7 cm³/mol. The second kappa shape index (κ2) is 8.31. The summed E-state index contributed by atoms with van der Waals surface area (Å²) >= 11 is 3.22. The Morgan fingerprint density at radius 3 is 2.52 bits per heavy atom. The second-order valence-electron chi connectivity index (χ2n) is 4.65. The minimum atomic E-state index is -0.843. The largest absolute Gasteiger partial charge is 0.485 e. The van der Waals surface area contributed by atoms with E-state index in [0.29, 0.717) is 23.2 Å². The van der Waals surface area contributed by atoms with Gasteiger partial charge < -0.3 is 14.7 Å². The summed E-state index contributed by atoms with van der Waals surface area (Å²) < 4.78 is 6.16. The van der Waals surface area contributed by atoms with Crippen molar-refractivity contribution in [2.45, 2.75) is 26.9 Å². The molecule has 1 N–H and O–H groups in total. The van der Waals surface area contributed by atoms with E-state index >= 15 is 0 Å². The molecule has 0 radical (unpaired) electrons. The highest BCUT2D eigenvalue weighted by Gasteiger charge is 2.23. The monoisotopic (exact) mass is 360 g/mol. The molecule has 0 aliphatic carbocycles. The van der Waals surface area contributed by atoms with Gasteiger partial charge in [0.1, 0.15) is 6.61 Å². The Hall–Kier alpha value is -1.18. The summed E-state index contributed by atoms with van der Waals surface area (Å²) in [5, 5.41) is 21.0. The fourth-order valence-electron chi connectivity index (χ4n) is 2.02. The van der Waals surface area contributed by atoms with E-state index in [9.17, 15) is 15.2 Å². The van der Waals surface area contributed by atoms with Crippen LogP contribution in [0.4, 0.5) is 5.69 Å². The summed E-state index contributed by atoms with van der Waals surface area (Å²) in [5.41, 5.74) is 0.274. The number of rotatable bonds is 8. The summed E-state index contributed by atoms with van der Waals surface area (Å²) in [5.74, 6) is 0.144. The quantitative estimate of drug-likeness (QED) is 0.569. The number of nitro groups is 1. The van der Waals surface area contributed by atoms with Crippen LogP contribution in [0.25, 0.3) is 0 Å². The minimum Gasteiger partial charge on any atom is -0.485 e. The van der Waals surface area contributed by atoms with Crippen LogP contribution in [-0.2, 0) is 0 Å². The second-order valence-corrected chi connectivity index (χ2v) is 5.57. The van der Waals surface area contributed by atoms with Crippen LogP contribution < -0.4 is 4.74 Å². The lowest BCUT2D eigenvalue weighted by atomic mass is 10.1. The maximum Gasteiger partial charge on any atom is 0.312 e. The zero-order chi connectivity index (χ0) is 16.0. The molecule has 1 atom stereocenters. The van der Waals surface area contributed by atoms with Crippen molar-refractivity contribution >= 4 is 21.6 Å². The first-order valence-corrected chi connectivity index (χ1v) is 7.71. The number of nitrogens with zero attached hydrogens (tertiary/aromatic N) is 2. The van der Waals surface area contributed by atoms with Crippen LogP contribution in [0.2, 0.25) is 0 Å². The van der Waals surface area contributed by atoms with Gasteiger partial charge >= 0.3 is 5.69 Å². The third-order valence-electron chi connectivity index (χ3n) is 3.26. The van der Waals surface area contributed by atoms with Crippen molar-refractivity contribution in [3.8, 4) is 5.75 Å². The van der Waals surface area contributed by atoms with E-state index in [1.807, 2.05) is 13.8 Å². The molecular formula is C14H21BrN2O4. The van der Waals surface area contributed by atoms with Gasteiger partial charge in [-0.1, -0.05) is 29.8 Å². The van der Waals surface area contributed by atoms with Gasteiger partial charge in [-0.25, -0.2) is 0 Å². The molecule has 1 aromatic carbocycles. The number of aliphatic hydroxyl groups excluding tert-OH is 1. The predicted octanol–water partition coefficient (Wildman–Crippen LogP) is 3.13. The molecule has 118 valence electrons. The molecule has 0 amide bonds. The van der Waals surface area contributed by atoms with E-state index in [2.05, 4.69) is 20.8 Å². The number of aliphatic hydroxyl groups is 1. The van der Waals surface area contributed by atoms with Crippen molar-refractivity contribution in [1.82, 2.24) is 4.90 Å². The van der Waals surface area contributed by atoms with Gasteiger partial charge in [0.05, 0.1) is 11.0 Å². The van der Waals surface area contributed by atoms with E-state index in [0.717, 1.165) is 13.1 Å². The van der Waals surface area contributed by atoms with Crippen molar-refractivity contribution in [2.24, 2.45) is 0 Å². The summed E-state index contributed by atoms with van der Waals surface area (Å²) in [4.78, 5) is 12.8. The van der Waals surface area contributed by atoms with Crippen LogP contribution in [-0.4, -0.2) is 41.2 Å². The molecule has 0 heterocycles. The van der Waals surface area contributed by atoms with Crippen LogP contribution in [0.3, 0.4) is 0 Å². The van der Waals surface area contributed by atoms with Crippen LogP contribution in [0.1, 0.15) is 32.4 Å². The smallest absolute Gasteiger partial charge is 0.312 e. The zero-order valence-corrected chi connectivity index (χ0v) is 14.1. The Morgan fingerprint density at radius 1 is 1.43 bits per heavy atom. The molecule has 1 aromatic rings. The van der Waals surface area contributed by atoms with Crippen LogP contribution in [0.15, 0.2) is 16.6 Å². The number of ether oxygens (including phenoxy) is 1. The first-order valence-electron chi connectivity index (χ1n) is 6.91. The highest BCUT2D eigenvalue weighted by molar-refractivity contribution is 9.10. The lowest BCUT2D eigenvalue weighted by Gasteiger charge is -2.19. The first kappa shape index (κ1) is 17.9.